The van der Waals surface area contributed by atoms with Crippen LogP contribution in [0.5, 0.6) is 0 Å². The lowest BCUT2D eigenvalue weighted by molar-refractivity contribution is -0.393. The fourth-order valence-corrected chi connectivity index (χ4v) is 14.3. The van der Waals surface area contributed by atoms with Crippen molar-refractivity contribution in [1.29, 1.82) is 0 Å². The molecular formula is C72H130N2O32. The van der Waals surface area contributed by atoms with Gasteiger partial charge in [-0.05, 0) is 26.2 Å². The maximum Gasteiger partial charge on any atom is 0.220 e. The van der Waals surface area contributed by atoms with E-state index in [0.29, 0.717) is 12.8 Å². The van der Waals surface area contributed by atoms with Gasteiger partial charge in [-0.1, -0.05) is 167 Å². The molecular weight excluding hydrogens is 1400 g/mol. The largest absolute Gasteiger partial charge is 0.394 e. The summed E-state index contributed by atoms with van der Waals surface area (Å²) in [5, 5.41) is 205. The van der Waals surface area contributed by atoms with Gasteiger partial charge in [0.05, 0.1) is 57.9 Å². The minimum absolute atomic E-state index is 0.185. The molecule has 0 aromatic heterocycles. The van der Waals surface area contributed by atoms with Gasteiger partial charge in [-0.2, -0.15) is 0 Å². The molecule has 0 aromatic carbocycles. The first-order chi connectivity index (χ1) is 50.9. The first kappa shape index (κ1) is 92.3. The van der Waals surface area contributed by atoms with E-state index in [2.05, 4.69) is 24.5 Å². The Bertz CT molecular complexity index is 2420. The average Bonchev–Trinajstić information content (AvgIpc) is 0.770. The second-order valence-electron chi connectivity index (χ2n) is 29.2. The molecule has 0 radical (unpaired) electrons. The molecule has 6 rings (SSSR count). The van der Waals surface area contributed by atoms with Crippen molar-refractivity contribution < 1.29 is 158 Å². The maximum atomic E-state index is 13.5. The second-order valence-corrected chi connectivity index (χ2v) is 29.2. The SMILES string of the molecule is CCCCCCCCCCCCC/C=C/[C@@H](O)[C@H](CO[C@@H]1O[C@H](CO)[C@@H](O[C@@H]2O[C@H](CO)[C@H](O[C@H]3O[C@H](CO)[C@H](O)[C@H](O[C@@H]4O[C@H](CO)[C@@H](O)[C@H](O[C@@H]5O[C@H](CO)[C@H](O)[C@H](O)[C@H]5O[C@@H]5O[C@@H](C)[C@@H](O)[C@@H](O)[C@@H]5O)[C@H]4NC(C)=O)[C@H]3O)[C@H](O)[C@H]2O)[C@H](O)[C@H]1O)NC(=O)CCCCCCCCCCCCCCC. The summed E-state index contributed by atoms with van der Waals surface area (Å²) >= 11 is 0. The lowest BCUT2D eigenvalue weighted by Crippen LogP contribution is -2.70. The number of hydrogen-bond acceptors (Lipinski definition) is 32. The Hall–Kier alpha value is -2.52. The number of rotatable bonds is 48. The number of allylic oxidation sites excluding steroid dienone is 1. The molecule has 0 aromatic rings. The highest BCUT2D eigenvalue weighted by Crippen LogP contribution is 2.38. The molecule has 106 heavy (non-hydrogen) atoms. The Morgan fingerprint density at radius 2 is 0.764 bits per heavy atom. The van der Waals surface area contributed by atoms with E-state index in [1.807, 2.05) is 6.08 Å². The van der Waals surface area contributed by atoms with Crippen molar-refractivity contribution in [2.45, 2.75) is 391 Å². The van der Waals surface area contributed by atoms with Crippen LogP contribution in [-0.2, 0) is 66.4 Å². The highest BCUT2D eigenvalue weighted by Gasteiger charge is 2.58. The number of hydrogen-bond donors (Lipinski definition) is 20. The number of carbonyl (C=O) groups is 2. The van der Waals surface area contributed by atoms with Crippen LogP contribution in [-0.4, -0.2) is 340 Å². The quantitative estimate of drug-likeness (QED) is 0.0225. The van der Waals surface area contributed by atoms with E-state index in [1.165, 1.54) is 103 Å². The first-order valence-corrected chi connectivity index (χ1v) is 38.8. The predicted octanol–water partition coefficient (Wildman–Crippen LogP) is -2.32. The van der Waals surface area contributed by atoms with Gasteiger partial charge in [0.1, 0.15) is 140 Å². The zero-order chi connectivity index (χ0) is 77.6. The minimum Gasteiger partial charge on any atom is -0.394 e. The molecule has 6 aliphatic heterocycles. The smallest absolute Gasteiger partial charge is 0.220 e. The molecule has 6 heterocycles. The highest BCUT2D eigenvalue weighted by atomic mass is 16.8. The summed E-state index contributed by atoms with van der Waals surface area (Å²) in [7, 11) is 0. The molecule has 6 aliphatic rings. The maximum absolute atomic E-state index is 13.5. The summed E-state index contributed by atoms with van der Waals surface area (Å²) < 4.78 is 70.7. The first-order valence-electron chi connectivity index (χ1n) is 38.8. The zero-order valence-electron chi connectivity index (χ0n) is 62.0. The molecule has 32 atom stereocenters. The van der Waals surface area contributed by atoms with Gasteiger partial charge in [0.2, 0.25) is 11.8 Å². The number of amides is 2. The molecule has 0 aliphatic carbocycles. The van der Waals surface area contributed by atoms with Crippen molar-refractivity contribution in [1.82, 2.24) is 10.6 Å². The van der Waals surface area contributed by atoms with Gasteiger partial charge >= 0.3 is 0 Å². The van der Waals surface area contributed by atoms with E-state index in [0.717, 1.165) is 58.3 Å². The molecule has 20 N–H and O–H groups in total. The van der Waals surface area contributed by atoms with Crippen LogP contribution in [0.3, 0.4) is 0 Å². The Morgan fingerprint density at radius 1 is 0.387 bits per heavy atom. The molecule has 2 amide bonds. The van der Waals surface area contributed by atoms with Gasteiger partial charge < -0.3 is 159 Å². The summed E-state index contributed by atoms with van der Waals surface area (Å²) in [6.45, 7) is 1.33. The molecule has 0 saturated carbocycles. The van der Waals surface area contributed by atoms with E-state index in [1.54, 1.807) is 6.08 Å². The molecule has 0 bridgehead atoms. The topological polar surface area (TPSA) is 533 Å². The highest BCUT2D eigenvalue weighted by molar-refractivity contribution is 5.76. The fraction of sp³-hybridized carbons (Fsp3) is 0.944. The van der Waals surface area contributed by atoms with Crippen molar-refractivity contribution >= 4 is 11.8 Å². The van der Waals surface area contributed by atoms with Gasteiger partial charge in [0.25, 0.3) is 0 Å². The Morgan fingerprint density at radius 3 is 1.27 bits per heavy atom. The summed E-state index contributed by atoms with van der Waals surface area (Å²) in [4.78, 5) is 26.4. The van der Waals surface area contributed by atoms with E-state index < -0.39 is 242 Å². The third-order valence-electron chi connectivity index (χ3n) is 20.8. The predicted molar refractivity (Wildman–Crippen MR) is 372 cm³/mol. The van der Waals surface area contributed by atoms with Gasteiger partial charge in [-0.15, -0.1) is 0 Å². The Labute approximate surface area is 621 Å². The fourth-order valence-electron chi connectivity index (χ4n) is 14.3. The number of nitrogens with one attached hydrogen (secondary N) is 2. The zero-order valence-corrected chi connectivity index (χ0v) is 62.0. The molecule has 34 nitrogen and oxygen atoms in total. The molecule has 34 heteroatoms. The minimum atomic E-state index is -2.25. The number of carbonyl (C=O) groups excluding carboxylic acids is 2. The van der Waals surface area contributed by atoms with E-state index >= 15 is 0 Å². The Balaban J connectivity index is 1.09. The van der Waals surface area contributed by atoms with Crippen molar-refractivity contribution in [3.8, 4) is 0 Å². The third kappa shape index (κ3) is 27.1. The number of aliphatic hydroxyl groups excluding tert-OH is 18. The molecule has 0 spiro atoms. The van der Waals surface area contributed by atoms with E-state index in [-0.39, 0.29) is 12.3 Å². The molecule has 0 unspecified atom stereocenters. The van der Waals surface area contributed by atoms with Gasteiger partial charge in [-0.3, -0.25) is 9.59 Å². The normalized spacial score (nSPS) is 38.7. The Kier molecular flexibility index (Phi) is 42.3. The lowest BCUT2D eigenvalue weighted by atomic mass is 9.94. The number of ether oxygens (including phenoxy) is 12. The van der Waals surface area contributed by atoms with Gasteiger partial charge in [0, 0.05) is 13.3 Å². The summed E-state index contributed by atoms with van der Waals surface area (Å²) in [5.41, 5.74) is 0. The van der Waals surface area contributed by atoms with Gasteiger partial charge in [0.15, 0.2) is 37.7 Å². The molecule has 6 fully saturated rings. The van der Waals surface area contributed by atoms with Crippen LogP contribution in [0.25, 0.3) is 0 Å². The van der Waals surface area contributed by atoms with Crippen molar-refractivity contribution in [3.05, 3.63) is 12.2 Å². The van der Waals surface area contributed by atoms with Crippen LogP contribution >= 0.6 is 0 Å². The van der Waals surface area contributed by atoms with Crippen LogP contribution in [0.2, 0.25) is 0 Å². The summed E-state index contributed by atoms with van der Waals surface area (Å²) in [6, 6.07) is -2.87. The molecule has 6 saturated heterocycles. The standard InChI is InChI=1S/C72H130N2O32/c1-5-7-9-11-13-15-17-19-21-23-25-27-29-31-42(81)41(74-48(82)32-30-28-26-24-22-20-18-16-14-12-10-8-6-2)38-95-68-59(92)56(89)62(46(36-78)100-68)102-70-60(93)57(90)63(47(37-79)101-70)103-71-61(94)65(53(86)45(35-77)98-71)105-67-49(73-40(4)80)64(52(85)44(34-76)97-67)104-72-66(55(88)51(84)43(33-75)99-72)106-69-58(91)54(87)50(83)39(3)96-69/h29,31,39,41-47,49-72,75-79,81,83-94H,5-28,30,32-38H2,1-4H3,(H,73,80)(H,74,82)/b31-29+/t39-,41-,42+,43+,44+,45+,46+,47+,49+,50+,51-,52+,53-,54+,55-,56+,57+,58-,59+,60+,61+,62+,63-,64+,65-,66+,67-,68+,69-,70-,71+,72-/m0/s1. The van der Waals surface area contributed by atoms with Crippen LogP contribution in [0.1, 0.15) is 195 Å². The summed E-state index contributed by atoms with van der Waals surface area (Å²) in [6.07, 6.45) is -24.4. The van der Waals surface area contributed by atoms with Crippen LogP contribution in [0.15, 0.2) is 12.2 Å². The van der Waals surface area contributed by atoms with Crippen LogP contribution < -0.4 is 10.6 Å². The monoisotopic (exact) mass is 1530 g/mol. The summed E-state index contributed by atoms with van der Waals surface area (Å²) in [5.74, 6) is -1.21. The van der Waals surface area contributed by atoms with Crippen molar-refractivity contribution in [2.75, 3.05) is 39.6 Å². The van der Waals surface area contributed by atoms with E-state index in [4.69, 9.17) is 56.8 Å². The molecule has 620 valence electrons. The van der Waals surface area contributed by atoms with E-state index in [9.17, 15) is 102 Å². The lowest BCUT2D eigenvalue weighted by Gasteiger charge is -2.51. The number of unbranched alkanes of at least 4 members (excludes halogenated alkanes) is 23. The third-order valence-corrected chi connectivity index (χ3v) is 20.8. The van der Waals surface area contributed by atoms with Gasteiger partial charge in [-0.25, -0.2) is 0 Å². The van der Waals surface area contributed by atoms with Crippen molar-refractivity contribution in [3.63, 3.8) is 0 Å². The average molecular weight is 1540 g/mol. The van der Waals surface area contributed by atoms with Crippen LogP contribution in [0.4, 0.5) is 0 Å². The number of aliphatic hydroxyl groups is 18. The van der Waals surface area contributed by atoms with Crippen molar-refractivity contribution in [2.24, 2.45) is 0 Å². The second kappa shape index (κ2) is 48.5. The van der Waals surface area contributed by atoms with Crippen LogP contribution in [0, 0.1) is 0 Å².